The fraction of sp³-hybridized carbons (Fsp3) is 0.520. The maximum atomic E-state index is 13.4. The summed E-state index contributed by atoms with van der Waals surface area (Å²) in [7, 11) is 1.82. The molecule has 1 aliphatic rings. The van der Waals surface area contributed by atoms with Crippen molar-refractivity contribution in [2.24, 2.45) is 7.05 Å². The number of furan rings is 1. The molecule has 3 aromatic rings. The number of ether oxygens (including phenoxy) is 3. The van der Waals surface area contributed by atoms with Crippen LogP contribution in [0.3, 0.4) is 0 Å². The molecule has 1 aliphatic heterocycles. The minimum atomic E-state index is -0.646. The Morgan fingerprint density at radius 3 is 2.69 bits per heavy atom. The van der Waals surface area contributed by atoms with Crippen LogP contribution in [0.4, 0.5) is 10.5 Å². The molecule has 10 nitrogen and oxygen atoms in total. The summed E-state index contributed by atoms with van der Waals surface area (Å²) in [5, 5.41) is 4.80. The van der Waals surface area contributed by atoms with Crippen LogP contribution in [-0.4, -0.2) is 58.8 Å². The topological polar surface area (TPSA) is 109 Å². The predicted octanol–water partition coefficient (Wildman–Crippen LogP) is 4.72. The molecule has 10 heteroatoms. The summed E-state index contributed by atoms with van der Waals surface area (Å²) in [6.07, 6.45) is 7.48. The maximum Gasteiger partial charge on any atom is 0.414 e. The number of aromatic nitrogens is 3. The van der Waals surface area contributed by atoms with E-state index >= 15 is 0 Å². The van der Waals surface area contributed by atoms with Crippen LogP contribution in [0.15, 0.2) is 29.1 Å². The first-order valence-corrected chi connectivity index (χ1v) is 12.1. The molecule has 2 unspecified atom stereocenters. The number of carbonyl (C=O) groups excluding carboxylic acids is 2. The average molecular weight is 485 g/mol. The number of rotatable bonds is 7. The summed E-state index contributed by atoms with van der Waals surface area (Å²) < 4.78 is 24.4. The smallest absolute Gasteiger partial charge is 0.414 e. The maximum absolute atomic E-state index is 13.4. The van der Waals surface area contributed by atoms with Gasteiger partial charge in [-0.1, -0.05) is 6.92 Å². The van der Waals surface area contributed by atoms with E-state index in [-0.39, 0.29) is 31.1 Å². The molecule has 1 fully saturated rings. The molecule has 0 spiro atoms. The minimum absolute atomic E-state index is 0.00347. The zero-order valence-corrected chi connectivity index (χ0v) is 20.7. The van der Waals surface area contributed by atoms with Gasteiger partial charge in [0.2, 0.25) is 5.76 Å². The molecule has 2 atom stereocenters. The van der Waals surface area contributed by atoms with Crippen LogP contribution in [0.25, 0.3) is 22.2 Å². The lowest BCUT2D eigenvalue weighted by Gasteiger charge is -2.31. The Hall–Kier alpha value is -3.40. The first-order chi connectivity index (χ1) is 17.0. The van der Waals surface area contributed by atoms with Gasteiger partial charge in [0.15, 0.2) is 5.58 Å². The van der Waals surface area contributed by atoms with E-state index in [4.69, 9.17) is 18.6 Å². The fourth-order valence-electron chi connectivity index (χ4n) is 4.47. The second-order valence-corrected chi connectivity index (χ2v) is 8.47. The quantitative estimate of drug-likeness (QED) is 0.443. The standard InChI is InChI=1S/C25H32N4O6/c1-5-18-11-17(9-8-10-34-18)29(25(31)33-7-3)22-19-12-20(16-13-27-28(4)15-16)26-14-21(19)35-23(22)24(30)32-6-2/h12-15,17-18H,5-11H2,1-4H3. The number of hydrogen-bond acceptors (Lipinski definition) is 8. The molecule has 188 valence electrons. The molecule has 1 amide bonds. The first-order valence-electron chi connectivity index (χ1n) is 12.1. The Balaban J connectivity index is 1.91. The molecule has 0 bridgehead atoms. The highest BCUT2D eigenvalue weighted by Gasteiger charge is 2.37. The number of aryl methyl sites for hydroxylation is 1. The SMILES string of the molecule is CCOC(=O)c1oc2cnc(-c3cnn(C)c3)cc2c1N(C(=O)OCC)C1CCCOC(CC)C1. The Morgan fingerprint density at radius 1 is 1.20 bits per heavy atom. The summed E-state index contributed by atoms with van der Waals surface area (Å²) in [5.41, 5.74) is 2.16. The highest BCUT2D eigenvalue weighted by Crippen LogP contribution is 2.39. The van der Waals surface area contributed by atoms with Crippen molar-refractivity contribution in [3.05, 3.63) is 30.4 Å². The zero-order valence-electron chi connectivity index (χ0n) is 20.7. The summed E-state index contributed by atoms with van der Waals surface area (Å²) in [6, 6.07) is 1.57. The highest BCUT2D eigenvalue weighted by atomic mass is 16.6. The van der Waals surface area contributed by atoms with E-state index in [1.807, 2.05) is 19.3 Å². The zero-order chi connectivity index (χ0) is 24.9. The summed E-state index contributed by atoms with van der Waals surface area (Å²) >= 11 is 0. The van der Waals surface area contributed by atoms with Crippen molar-refractivity contribution in [2.75, 3.05) is 24.7 Å². The number of amides is 1. The summed E-state index contributed by atoms with van der Waals surface area (Å²) in [4.78, 5) is 32.5. The Morgan fingerprint density at radius 2 is 2.00 bits per heavy atom. The van der Waals surface area contributed by atoms with Crippen molar-refractivity contribution in [1.82, 2.24) is 14.8 Å². The third kappa shape index (κ3) is 5.17. The van der Waals surface area contributed by atoms with Crippen LogP contribution in [0.2, 0.25) is 0 Å². The number of pyridine rings is 1. The first kappa shape index (κ1) is 24.7. The molecular weight excluding hydrogens is 452 g/mol. The number of anilines is 1. The van der Waals surface area contributed by atoms with Gasteiger partial charge in [-0.3, -0.25) is 14.6 Å². The minimum Gasteiger partial charge on any atom is -0.460 e. The number of esters is 1. The Bertz CT molecular complexity index is 1190. The molecule has 0 N–H and O–H groups in total. The summed E-state index contributed by atoms with van der Waals surface area (Å²) in [6.45, 7) is 6.53. The number of carbonyl (C=O) groups is 2. The van der Waals surface area contributed by atoms with Crippen molar-refractivity contribution < 1.29 is 28.2 Å². The number of fused-ring (bicyclic) bond motifs is 1. The normalized spacial score (nSPS) is 18.3. The molecule has 0 saturated carbocycles. The third-order valence-corrected chi connectivity index (χ3v) is 6.11. The van der Waals surface area contributed by atoms with Crippen LogP contribution in [0.1, 0.15) is 57.0 Å². The molecule has 1 saturated heterocycles. The molecule has 3 aromatic heterocycles. The van der Waals surface area contributed by atoms with E-state index in [0.29, 0.717) is 41.8 Å². The van der Waals surface area contributed by atoms with Crippen LogP contribution < -0.4 is 4.90 Å². The molecule has 35 heavy (non-hydrogen) atoms. The Kier molecular flexibility index (Phi) is 7.70. The van der Waals surface area contributed by atoms with Gasteiger partial charge in [-0.25, -0.2) is 9.59 Å². The van der Waals surface area contributed by atoms with Gasteiger partial charge in [0.25, 0.3) is 0 Å². The van der Waals surface area contributed by atoms with Crippen molar-refractivity contribution in [2.45, 2.75) is 58.6 Å². The molecule has 0 aromatic carbocycles. The van der Waals surface area contributed by atoms with E-state index < -0.39 is 12.1 Å². The second-order valence-electron chi connectivity index (χ2n) is 8.47. The molecule has 0 radical (unpaired) electrons. The molecular formula is C25H32N4O6. The highest BCUT2D eigenvalue weighted by molar-refractivity contribution is 6.10. The third-order valence-electron chi connectivity index (χ3n) is 6.11. The van der Waals surface area contributed by atoms with E-state index in [0.717, 1.165) is 18.4 Å². The number of nitrogens with zero attached hydrogens (tertiary/aromatic N) is 4. The lowest BCUT2D eigenvalue weighted by molar-refractivity contribution is 0.0493. The van der Waals surface area contributed by atoms with Crippen molar-refractivity contribution in [3.8, 4) is 11.3 Å². The largest absolute Gasteiger partial charge is 0.460 e. The van der Waals surface area contributed by atoms with Gasteiger partial charge in [0.05, 0.1) is 37.4 Å². The number of hydrogen-bond donors (Lipinski definition) is 0. The Labute approximate surface area is 204 Å². The van der Waals surface area contributed by atoms with Crippen molar-refractivity contribution in [3.63, 3.8) is 0 Å². The van der Waals surface area contributed by atoms with Crippen molar-refractivity contribution >= 4 is 28.7 Å². The van der Waals surface area contributed by atoms with Crippen LogP contribution >= 0.6 is 0 Å². The lowest BCUT2D eigenvalue weighted by atomic mass is 10.0. The molecule has 4 rings (SSSR count). The molecule has 4 heterocycles. The van der Waals surface area contributed by atoms with Gasteiger partial charge in [0.1, 0.15) is 5.69 Å². The van der Waals surface area contributed by atoms with Gasteiger partial charge in [-0.15, -0.1) is 0 Å². The van der Waals surface area contributed by atoms with E-state index in [2.05, 4.69) is 17.0 Å². The van der Waals surface area contributed by atoms with Crippen LogP contribution in [0.5, 0.6) is 0 Å². The van der Waals surface area contributed by atoms with Gasteiger partial charge < -0.3 is 18.6 Å². The van der Waals surface area contributed by atoms with Gasteiger partial charge in [-0.05, 0) is 45.6 Å². The van der Waals surface area contributed by atoms with E-state index in [1.54, 1.807) is 35.8 Å². The van der Waals surface area contributed by atoms with Crippen molar-refractivity contribution in [1.29, 1.82) is 0 Å². The lowest BCUT2D eigenvalue weighted by Crippen LogP contribution is -2.43. The van der Waals surface area contributed by atoms with Gasteiger partial charge in [-0.2, -0.15) is 5.10 Å². The van der Waals surface area contributed by atoms with E-state index in [9.17, 15) is 9.59 Å². The van der Waals surface area contributed by atoms with Crippen LogP contribution in [-0.2, 0) is 21.3 Å². The fourth-order valence-corrected chi connectivity index (χ4v) is 4.47. The summed E-state index contributed by atoms with van der Waals surface area (Å²) in [5.74, 6) is -0.689. The average Bonchev–Trinajstić information content (AvgIpc) is 3.36. The van der Waals surface area contributed by atoms with Gasteiger partial charge >= 0.3 is 12.1 Å². The monoisotopic (exact) mass is 484 g/mol. The predicted molar refractivity (Wildman–Crippen MR) is 129 cm³/mol. The van der Waals surface area contributed by atoms with Gasteiger partial charge in [0, 0.05) is 36.8 Å². The molecule has 0 aliphatic carbocycles. The van der Waals surface area contributed by atoms with Crippen LogP contribution in [0, 0.1) is 0 Å². The second kappa shape index (κ2) is 10.9. The van der Waals surface area contributed by atoms with E-state index in [1.165, 1.54) is 0 Å².